The average molecular weight is 225 g/mol. The predicted molar refractivity (Wildman–Crippen MR) is 63.1 cm³/mol. The third kappa shape index (κ3) is 2.76. The van der Waals surface area contributed by atoms with Gasteiger partial charge in [0.1, 0.15) is 11.6 Å². The Morgan fingerprint density at radius 2 is 1.94 bits per heavy atom. The van der Waals surface area contributed by atoms with E-state index in [0.717, 1.165) is 6.42 Å². The number of carbonyl (C=O) groups is 1. The second-order valence-corrected chi connectivity index (χ2v) is 6.14. The van der Waals surface area contributed by atoms with Crippen LogP contribution in [0.5, 0.6) is 0 Å². The van der Waals surface area contributed by atoms with Gasteiger partial charge in [0.05, 0.1) is 0 Å². The molecule has 1 N–H and O–H groups in total. The Bertz CT molecular complexity index is 256. The Morgan fingerprint density at radius 3 is 2.56 bits per heavy atom. The van der Waals surface area contributed by atoms with Crippen LogP contribution >= 0.6 is 0 Å². The maximum atomic E-state index is 11.9. The molecule has 3 atom stereocenters. The molecule has 2 fully saturated rings. The van der Waals surface area contributed by atoms with Crippen LogP contribution in [0.3, 0.4) is 0 Å². The Balaban J connectivity index is 1.90. The van der Waals surface area contributed by atoms with Gasteiger partial charge < -0.3 is 10.1 Å². The minimum absolute atomic E-state index is 0.0627. The summed E-state index contributed by atoms with van der Waals surface area (Å²) < 4.78 is 5.43. The monoisotopic (exact) mass is 225 g/mol. The fourth-order valence-corrected chi connectivity index (χ4v) is 2.88. The van der Waals surface area contributed by atoms with E-state index in [2.05, 4.69) is 5.32 Å². The lowest BCUT2D eigenvalue weighted by Crippen LogP contribution is -2.40. The van der Waals surface area contributed by atoms with Crippen molar-refractivity contribution >= 4 is 5.97 Å². The van der Waals surface area contributed by atoms with Gasteiger partial charge in [-0.05, 0) is 46.0 Å². The van der Waals surface area contributed by atoms with E-state index in [1.165, 1.54) is 25.7 Å². The second-order valence-electron chi connectivity index (χ2n) is 6.14. The van der Waals surface area contributed by atoms with E-state index < -0.39 is 0 Å². The lowest BCUT2D eigenvalue weighted by atomic mass is 9.85. The summed E-state index contributed by atoms with van der Waals surface area (Å²) in [6.07, 6.45) is 6.10. The molecule has 1 saturated heterocycles. The van der Waals surface area contributed by atoms with Gasteiger partial charge in [0.25, 0.3) is 0 Å². The highest BCUT2D eigenvalue weighted by Gasteiger charge is 2.39. The van der Waals surface area contributed by atoms with E-state index in [-0.39, 0.29) is 17.6 Å². The first-order valence-corrected chi connectivity index (χ1v) is 6.44. The van der Waals surface area contributed by atoms with E-state index in [4.69, 9.17) is 4.74 Å². The fraction of sp³-hybridized carbons (Fsp3) is 0.923. The first-order chi connectivity index (χ1) is 7.46. The fourth-order valence-electron chi connectivity index (χ4n) is 2.88. The Labute approximate surface area is 97.9 Å². The molecule has 1 saturated carbocycles. The minimum Gasteiger partial charge on any atom is -0.459 e. The second kappa shape index (κ2) is 4.36. The van der Waals surface area contributed by atoms with Crippen molar-refractivity contribution < 1.29 is 9.53 Å². The van der Waals surface area contributed by atoms with Gasteiger partial charge >= 0.3 is 5.97 Å². The molecule has 3 nitrogen and oxygen atoms in total. The van der Waals surface area contributed by atoms with Gasteiger partial charge in [-0.25, -0.2) is 0 Å². The van der Waals surface area contributed by atoms with Crippen LogP contribution in [0.2, 0.25) is 0 Å². The first kappa shape index (κ1) is 11.9. The zero-order valence-electron chi connectivity index (χ0n) is 10.6. The van der Waals surface area contributed by atoms with Crippen molar-refractivity contribution in [1.82, 2.24) is 5.32 Å². The maximum absolute atomic E-state index is 11.9. The Kier molecular flexibility index (Phi) is 3.24. The lowest BCUT2D eigenvalue weighted by molar-refractivity contribution is -0.157. The predicted octanol–water partition coefficient (Wildman–Crippen LogP) is 2.25. The summed E-state index contributed by atoms with van der Waals surface area (Å²) in [5.74, 6) is 0.633. The molecule has 0 spiro atoms. The number of rotatable bonds is 1. The zero-order chi connectivity index (χ0) is 11.8. The number of esters is 1. The van der Waals surface area contributed by atoms with Crippen molar-refractivity contribution in [1.29, 1.82) is 0 Å². The summed E-state index contributed by atoms with van der Waals surface area (Å²) in [6.45, 7) is 5.77. The molecule has 0 aromatic carbocycles. The molecule has 0 bridgehead atoms. The quantitative estimate of drug-likeness (QED) is 0.696. The zero-order valence-corrected chi connectivity index (χ0v) is 10.6. The molecule has 1 aliphatic carbocycles. The number of hydrogen-bond donors (Lipinski definition) is 1. The van der Waals surface area contributed by atoms with Crippen molar-refractivity contribution in [3.8, 4) is 0 Å². The standard InChI is InChI=1S/C13H23NO2/c1-13(2,3)16-12(15)11-8-9-6-4-5-7-10(9)14-11/h9-11,14H,4-8H2,1-3H3/t9?,10-,11?/m0/s1. The van der Waals surface area contributed by atoms with Crippen LogP contribution < -0.4 is 5.32 Å². The number of ether oxygens (including phenoxy) is 1. The lowest BCUT2D eigenvalue weighted by Gasteiger charge is -2.24. The molecule has 0 amide bonds. The van der Waals surface area contributed by atoms with Crippen molar-refractivity contribution in [2.24, 2.45) is 5.92 Å². The number of fused-ring (bicyclic) bond motifs is 1. The molecule has 3 heteroatoms. The third-order valence-corrected chi connectivity index (χ3v) is 3.55. The number of hydrogen-bond acceptors (Lipinski definition) is 3. The van der Waals surface area contributed by atoms with Gasteiger partial charge in [-0.1, -0.05) is 12.8 Å². The highest BCUT2D eigenvalue weighted by molar-refractivity contribution is 5.76. The summed E-state index contributed by atoms with van der Waals surface area (Å²) in [6, 6.07) is 0.499. The first-order valence-electron chi connectivity index (χ1n) is 6.44. The molecule has 2 aliphatic rings. The SMILES string of the molecule is CC(C)(C)OC(=O)C1CC2CCCC[C@@H]2N1. The maximum Gasteiger partial charge on any atom is 0.323 e. The molecule has 0 radical (unpaired) electrons. The van der Waals surface area contributed by atoms with Gasteiger partial charge in [0, 0.05) is 6.04 Å². The van der Waals surface area contributed by atoms with Crippen LogP contribution in [0.15, 0.2) is 0 Å². The van der Waals surface area contributed by atoms with E-state index in [9.17, 15) is 4.79 Å². The molecule has 2 rings (SSSR count). The van der Waals surface area contributed by atoms with Gasteiger partial charge in [-0.2, -0.15) is 0 Å². The topological polar surface area (TPSA) is 38.3 Å². The van der Waals surface area contributed by atoms with Gasteiger partial charge in [0.2, 0.25) is 0 Å². The summed E-state index contributed by atoms with van der Waals surface area (Å²) >= 11 is 0. The van der Waals surface area contributed by atoms with Gasteiger partial charge in [-0.3, -0.25) is 4.79 Å². The van der Waals surface area contributed by atoms with E-state index in [1.54, 1.807) is 0 Å². The summed E-state index contributed by atoms with van der Waals surface area (Å²) in [5, 5.41) is 3.44. The molecule has 1 heterocycles. The molecule has 16 heavy (non-hydrogen) atoms. The average Bonchev–Trinajstić information content (AvgIpc) is 2.58. The third-order valence-electron chi connectivity index (χ3n) is 3.55. The number of carbonyl (C=O) groups excluding carboxylic acids is 1. The van der Waals surface area contributed by atoms with Crippen LogP contribution in [0, 0.1) is 5.92 Å². The van der Waals surface area contributed by atoms with E-state index >= 15 is 0 Å². The smallest absolute Gasteiger partial charge is 0.323 e. The van der Waals surface area contributed by atoms with E-state index in [0.29, 0.717) is 12.0 Å². The van der Waals surface area contributed by atoms with Crippen molar-refractivity contribution in [2.75, 3.05) is 0 Å². The van der Waals surface area contributed by atoms with Gasteiger partial charge in [-0.15, -0.1) is 0 Å². The van der Waals surface area contributed by atoms with Crippen molar-refractivity contribution in [3.05, 3.63) is 0 Å². The molecule has 0 aromatic heterocycles. The largest absolute Gasteiger partial charge is 0.459 e. The Hall–Kier alpha value is -0.570. The van der Waals surface area contributed by atoms with Crippen molar-refractivity contribution in [3.63, 3.8) is 0 Å². The summed E-state index contributed by atoms with van der Waals surface area (Å²) in [7, 11) is 0. The molecule has 2 unspecified atom stereocenters. The van der Waals surface area contributed by atoms with Crippen LogP contribution in [0.25, 0.3) is 0 Å². The Morgan fingerprint density at radius 1 is 1.25 bits per heavy atom. The minimum atomic E-state index is -0.369. The molecule has 1 aliphatic heterocycles. The highest BCUT2D eigenvalue weighted by atomic mass is 16.6. The molecule has 0 aromatic rings. The van der Waals surface area contributed by atoms with Crippen LogP contribution in [-0.4, -0.2) is 23.7 Å². The van der Waals surface area contributed by atoms with Gasteiger partial charge in [0.15, 0.2) is 0 Å². The molecule has 92 valence electrons. The van der Waals surface area contributed by atoms with E-state index in [1.807, 2.05) is 20.8 Å². The highest BCUT2D eigenvalue weighted by Crippen LogP contribution is 2.33. The normalized spacial score (nSPS) is 34.6. The molecular weight excluding hydrogens is 202 g/mol. The molecular formula is C13H23NO2. The van der Waals surface area contributed by atoms with Crippen LogP contribution in [0.1, 0.15) is 52.9 Å². The van der Waals surface area contributed by atoms with Crippen LogP contribution in [0.4, 0.5) is 0 Å². The summed E-state index contributed by atoms with van der Waals surface area (Å²) in [5.41, 5.74) is -0.369. The number of nitrogens with one attached hydrogen (secondary N) is 1. The summed E-state index contributed by atoms with van der Waals surface area (Å²) in [4.78, 5) is 11.9. The van der Waals surface area contributed by atoms with Crippen LogP contribution in [-0.2, 0) is 9.53 Å². The van der Waals surface area contributed by atoms with Crippen molar-refractivity contribution in [2.45, 2.75) is 70.6 Å².